The first-order valence-electron chi connectivity index (χ1n) is 6.42. The predicted octanol–water partition coefficient (Wildman–Crippen LogP) is 2.76. The molecule has 0 atom stereocenters. The number of benzene rings is 1. The molecule has 0 saturated carbocycles. The fourth-order valence-electron chi connectivity index (χ4n) is 1.84. The first-order valence-corrected chi connectivity index (χ1v) is 7.91. The first kappa shape index (κ1) is 15.2. The molecule has 112 valence electrons. The molecule has 0 fully saturated rings. The molecule has 0 unspecified atom stereocenters. The van der Waals surface area contributed by atoms with Crippen molar-refractivity contribution in [1.82, 2.24) is 4.98 Å². The van der Waals surface area contributed by atoms with Crippen molar-refractivity contribution in [3.8, 4) is 0 Å². The third-order valence-electron chi connectivity index (χ3n) is 2.90. The van der Waals surface area contributed by atoms with Crippen LogP contribution in [0.4, 0.5) is 15.8 Å². The third-order valence-corrected chi connectivity index (χ3v) is 4.23. The Bertz CT molecular complexity index is 748. The van der Waals surface area contributed by atoms with E-state index >= 15 is 0 Å². The van der Waals surface area contributed by atoms with Gasteiger partial charge in [-0.15, -0.1) is 0 Å². The minimum absolute atomic E-state index is 0.115. The Morgan fingerprint density at radius 1 is 1.19 bits per heavy atom. The van der Waals surface area contributed by atoms with E-state index in [-0.39, 0.29) is 16.3 Å². The van der Waals surface area contributed by atoms with Gasteiger partial charge in [-0.05, 0) is 38.1 Å². The highest BCUT2D eigenvalue weighted by Gasteiger charge is 2.21. The minimum atomic E-state index is -3.90. The SMILES string of the molecule is CCNc1cccnc1S(=O)(=O)Nc1cccc(F)c1C. The average Bonchev–Trinajstić information content (AvgIpc) is 2.44. The highest BCUT2D eigenvalue weighted by molar-refractivity contribution is 7.92. The first-order chi connectivity index (χ1) is 9.95. The Hall–Kier alpha value is -2.15. The quantitative estimate of drug-likeness (QED) is 0.891. The fourth-order valence-corrected chi connectivity index (χ4v) is 3.08. The molecule has 2 N–H and O–H groups in total. The van der Waals surface area contributed by atoms with Gasteiger partial charge in [0.1, 0.15) is 5.82 Å². The van der Waals surface area contributed by atoms with Gasteiger partial charge in [-0.25, -0.2) is 9.37 Å². The van der Waals surface area contributed by atoms with Crippen LogP contribution in [-0.2, 0) is 10.0 Å². The molecule has 0 amide bonds. The summed E-state index contributed by atoms with van der Waals surface area (Å²) in [5.41, 5.74) is 0.840. The zero-order valence-electron chi connectivity index (χ0n) is 11.7. The standard InChI is InChI=1S/C14H16FN3O2S/c1-3-16-13-8-5-9-17-14(13)21(19,20)18-12-7-4-6-11(15)10(12)2/h4-9,16,18H,3H2,1-2H3. The lowest BCUT2D eigenvalue weighted by molar-refractivity contribution is 0.597. The molecule has 0 aliphatic rings. The van der Waals surface area contributed by atoms with E-state index < -0.39 is 15.8 Å². The maximum absolute atomic E-state index is 13.5. The Kier molecular flexibility index (Phi) is 4.42. The smallest absolute Gasteiger partial charge is 0.281 e. The summed E-state index contributed by atoms with van der Waals surface area (Å²) in [6.45, 7) is 3.93. The maximum Gasteiger partial charge on any atom is 0.281 e. The van der Waals surface area contributed by atoms with Gasteiger partial charge >= 0.3 is 0 Å². The average molecular weight is 309 g/mol. The lowest BCUT2D eigenvalue weighted by Crippen LogP contribution is -2.17. The van der Waals surface area contributed by atoms with Gasteiger partial charge in [0.05, 0.1) is 11.4 Å². The molecule has 0 aliphatic carbocycles. The number of halogens is 1. The number of anilines is 2. The molecule has 0 aliphatic heterocycles. The second-order valence-corrected chi connectivity index (χ2v) is 6.00. The molecule has 2 rings (SSSR count). The summed E-state index contributed by atoms with van der Waals surface area (Å²) in [7, 11) is -3.90. The van der Waals surface area contributed by atoms with Crippen LogP contribution < -0.4 is 10.0 Å². The van der Waals surface area contributed by atoms with Gasteiger partial charge in [0.25, 0.3) is 10.0 Å². The van der Waals surface area contributed by atoms with Crippen LogP contribution in [0.15, 0.2) is 41.6 Å². The molecule has 21 heavy (non-hydrogen) atoms. The molecule has 0 radical (unpaired) electrons. The van der Waals surface area contributed by atoms with E-state index in [1.54, 1.807) is 12.1 Å². The number of hydrogen-bond acceptors (Lipinski definition) is 4. The molecule has 2 aromatic rings. The molecule has 1 aromatic carbocycles. The van der Waals surface area contributed by atoms with E-state index in [4.69, 9.17) is 0 Å². The van der Waals surface area contributed by atoms with Crippen molar-refractivity contribution in [2.24, 2.45) is 0 Å². The van der Waals surface area contributed by atoms with Crippen LogP contribution in [0, 0.1) is 12.7 Å². The van der Waals surface area contributed by atoms with Crippen molar-refractivity contribution in [3.63, 3.8) is 0 Å². The van der Waals surface area contributed by atoms with Crippen molar-refractivity contribution in [1.29, 1.82) is 0 Å². The molecule has 0 bridgehead atoms. The molecule has 1 aromatic heterocycles. The highest BCUT2D eigenvalue weighted by Crippen LogP contribution is 2.24. The Balaban J connectivity index is 2.41. The maximum atomic E-state index is 13.5. The van der Waals surface area contributed by atoms with Gasteiger partial charge < -0.3 is 5.32 Å². The van der Waals surface area contributed by atoms with Crippen LogP contribution >= 0.6 is 0 Å². The van der Waals surface area contributed by atoms with E-state index in [0.29, 0.717) is 12.2 Å². The molecule has 1 heterocycles. The number of nitrogens with zero attached hydrogens (tertiary/aromatic N) is 1. The summed E-state index contributed by atoms with van der Waals surface area (Å²) in [6, 6.07) is 7.50. The van der Waals surface area contributed by atoms with Crippen LogP contribution in [0.2, 0.25) is 0 Å². The highest BCUT2D eigenvalue weighted by atomic mass is 32.2. The van der Waals surface area contributed by atoms with Crippen molar-refractivity contribution < 1.29 is 12.8 Å². The van der Waals surface area contributed by atoms with E-state index in [1.807, 2.05) is 6.92 Å². The van der Waals surface area contributed by atoms with Crippen molar-refractivity contribution in [3.05, 3.63) is 47.9 Å². The van der Waals surface area contributed by atoms with Crippen LogP contribution in [0.25, 0.3) is 0 Å². The van der Waals surface area contributed by atoms with Crippen molar-refractivity contribution in [2.45, 2.75) is 18.9 Å². The second kappa shape index (κ2) is 6.09. The Morgan fingerprint density at radius 2 is 1.90 bits per heavy atom. The van der Waals surface area contributed by atoms with Gasteiger partial charge in [-0.1, -0.05) is 6.07 Å². The largest absolute Gasteiger partial charge is 0.383 e. The molecule has 0 spiro atoms. The number of nitrogens with one attached hydrogen (secondary N) is 2. The Morgan fingerprint density at radius 3 is 2.62 bits per heavy atom. The van der Waals surface area contributed by atoms with Crippen LogP contribution in [0.5, 0.6) is 0 Å². The van der Waals surface area contributed by atoms with E-state index in [1.165, 1.54) is 31.3 Å². The summed E-state index contributed by atoms with van der Waals surface area (Å²) in [5, 5.41) is 2.82. The molecular weight excluding hydrogens is 293 g/mol. The summed E-state index contributed by atoms with van der Waals surface area (Å²) in [4.78, 5) is 3.91. The van der Waals surface area contributed by atoms with Crippen LogP contribution in [-0.4, -0.2) is 19.9 Å². The zero-order valence-corrected chi connectivity index (χ0v) is 12.5. The number of sulfonamides is 1. The topological polar surface area (TPSA) is 71.1 Å². The molecular formula is C14H16FN3O2S. The van der Waals surface area contributed by atoms with E-state index in [2.05, 4.69) is 15.0 Å². The zero-order chi connectivity index (χ0) is 15.5. The number of aromatic nitrogens is 1. The van der Waals surface area contributed by atoms with Gasteiger partial charge in [-0.2, -0.15) is 8.42 Å². The van der Waals surface area contributed by atoms with Crippen LogP contribution in [0.3, 0.4) is 0 Å². The molecule has 7 heteroatoms. The van der Waals surface area contributed by atoms with E-state index in [0.717, 1.165) is 0 Å². The summed E-state index contributed by atoms with van der Waals surface area (Å²) in [5.74, 6) is -0.469. The number of pyridine rings is 1. The third kappa shape index (κ3) is 3.30. The van der Waals surface area contributed by atoms with Crippen LogP contribution in [0.1, 0.15) is 12.5 Å². The van der Waals surface area contributed by atoms with Crippen molar-refractivity contribution >= 4 is 21.4 Å². The van der Waals surface area contributed by atoms with Gasteiger partial charge in [0.15, 0.2) is 5.03 Å². The lowest BCUT2D eigenvalue weighted by Gasteiger charge is -2.13. The summed E-state index contributed by atoms with van der Waals surface area (Å²) >= 11 is 0. The van der Waals surface area contributed by atoms with Gasteiger partial charge in [0.2, 0.25) is 0 Å². The summed E-state index contributed by atoms with van der Waals surface area (Å²) in [6.07, 6.45) is 1.40. The van der Waals surface area contributed by atoms with Gasteiger partial charge in [-0.3, -0.25) is 4.72 Å². The second-order valence-electron chi connectivity index (χ2n) is 4.40. The number of rotatable bonds is 5. The van der Waals surface area contributed by atoms with E-state index in [9.17, 15) is 12.8 Å². The predicted molar refractivity (Wildman–Crippen MR) is 80.3 cm³/mol. The summed E-state index contributed by atoms with van der Waals surface area (Å²) < 4.78 is 40.7. The van der Waals surface area contributed by atoms with Gasteiger partial charge in [0, 0.05) is 18.3 Å². The molecule has 0 saturated heterocycles. The minimum Gasteiger partial charge on any atom is -0.383 e. The molecule has 5 nitrogen and oxygen atoms in total. The monoisotopic (exact) mass is 309 g/mol. The fraction of sp³-hybridized carbons (Fsp3) is 0.214. The number of hydrogen-bond donors (Lipinski definition) is 2. The normalized spacial score (nSPS) is 11.2. The van der Waals surface area contributed by atoms with Crippen molar-refractivity contribution in [2.75, 3.05) is 16.6 Å². The lowest BCUT2D eigenvalue weighted by atomic mass is 10.2. The Labute approximate surface area is 123 Å².